The molecule has 0 unspecified atom stereocenters. The van der Waals surface area contributed by atoms with Crippen LogP contribution in [0.4, 0.5) is 0 Å². The first-order valence-corrected chi connectivity index (χ1v) is 8.39. The number of aryl methyl sites for hydroxylation is 1. The SMILES string of the molecule is Cc1occc1C(=O)N1CCN(C(=O)/C=C\c2ccc(C#N)cc2)CC1. The van der Waals surface area contributed by atoms with Gasteiger partial charge in [0, 0.05) is 32.3 Å². The molecular formula is C20H19N3O3. The molecule has 2 amide bonds. The van der Waals surface area contributed by atoms with Crippen LogP contribution in [0.5, 0.6) is 0 Å². The molecule has 2 heterocycles. The second-order valence-corrected chi connectivity index (χ2v) is 6.08. The van der Waals surface area contributed by atoms with Crippen molar-refractivity contribution in [3.05, 3.63) is 65.1 Å². The molecule has 0 saturated carbocycles. The molecule has 0 aliphatic carbocycles. The Morgan fingerprint density at radius 3 is 2.31 bits per heavy atom. The van der Waals surface area contributed by atoms with Crippen molar-refractivity contribution in [1.82, 2.24) is 9.80 Å². The van der Waals surface area contributed by atoms with Gasteiger partial charge in [-0.05, 0) is 36.8 Å². The Hall–Kier alpha value is -3.33. The first-order valence-electron chi connectivity index (χ1n) is 8.39. The molecule has 1 aliphatic rings. The number of piperazine rings is 1. The number of rotatable bonds is 3. The molecule has 0 N–H and O–H groups in total. The van der Waals surface area contributed by atoms with Crippen LogP contribution in [0.1, 0.15) is 27.2 Å². The fourth-order valence-electron chi connectivity index (χ4n) is 2.85. The molecule has 6 nitrogen and oxygen atoms in total. The van der Waals surface area contributed by atoms with Gasteiger partial charge in [-0.2, -0.15) is 5.26 Å². The molecule has 2 aromatic rings. The summed E-state index contributed by atoms with van der Waals surface area (Å²) in [5.74, 6) is 0.469. The van der Waals surface area contributed by atoms with E-state index in [9.17, 15) is 9.59 Å². The summed E-state index contributed by atoms with van der Waals surface area (Å²) < 4.78 is 5.19. The lowest BCUT2D eigenvalue weighted by atomic mass is 10.1. The van der Waals surface area contributed by atoms with Crippen LogP contribution in [0.15, 0.2) is 47.1 Å². The maximum Gasteiger partial charge on any atom is 0.257 e. The second kappa shape index (κ2) is 7.70. The molecule has 0 spiro atoms. The van der Waals surface area contributed by atoms with Gasteiger partial charge in [-0.1, -0.05) is 12.1 Å². The van der Waals surface area contributed by atoms with Crippen molar-refractivity contribution < 1.29 is 14.0 Å². The monoisotopic (exact) mass is 349 g/mol. The van der Waals surface area contributed by atoms with Gasteiger partial charge in [0.25, 0.3) is 5.91 Å². The fraction of sp³-hybridized carbons (Fsp3) is 0.250. The van der Waals surface area contributed by atoms with E-state index in [1.54, 1.807) is 53.1 Å². The lowest BCUT2D eigenvalue weighted by molar-refractivity contribution is -0.127. The van der Waals surface area contributed by atoms with E-state index in [1.807, 2.05) is 0 Å². The molecule has 0 bridgehead atoms. The number of nitriles is 1. The molecule has 0 radical (unpaired) electrons. The lowest BCUT2D eigenvalue weighted by Crippen LogP contribution is -2.50. The highest BCUT2D eigenvalue weighted by molar-refractivity contribution is 5.95. The molecule has 1 aliphatic heterocycles. The Balaban J connectivity index is 1.55. The quantitative estimate of drug-likeness (QED) is 0.798. The molecule has 1 saturated heterocycles. The average molecular weight is 349 g/mol. The Labute approximate surface area is 151 Å². The maximum absolute atomic E-state index is 12.4. The second-order valence-electron chi connectivity index (χ2n) is 6.08. The van der Waals surface area contributed by atoms with Crippen LogP contribution in [-0.2, 0) is 4.79 Å². The number of benzene rings is 1. The van der Waals surface area contributed by atoms with E-state index in [-0.39, 0.29) is 11.8 Å². The third-order valence-corrected chi connectivity index (χ3v) is 4.43. The number of amides is 2. The Morgan fingerprint density at radius 2 is 1.73 bits per heavy atom. The van der Waals surface area contributed by atoms with Gasteiger partial charge < -0.3 is 14.2 Å². The third kappa shape index (κ3) is 3.83. The highest BCUT2D eigenvalue weighted by Gasteiger charge is 2.25. The predicted octanol–water partition coefficient (Wildman–Crippen LogP) is 2.46. The summed E-state index contributed by atoms with van der Waals surface area (Å²) in [6, 6.07) is 10.8. The highest BCUT2D eigenvalue weighted by atomic mass is 16.3. The number of carbonyl (C=O) groups is 2. The van der Waals surface area contributed by atoms with Gasteiger partial charge in [0.1, 0.15) is 5.76 Å². The number of furan rings is 1. The smallest absolute Gasteiger partial charge is 0.257 e. The molecule has 26 heavy (non-hydrogen) atoms. The van der Waals surface area contributed by atoms with Gasteiger partial charge in [0.15, 0.2) is 0 Å². The van der Waals surface area contributed by atoms with E-state index in [1.165, 1.54) is 12.3 Å². The highest BCUT2D eigenvalue weighted by Crippen LogP contribution is 2.14. The molecule has 1 fully saturated rings. The van der Waals surface area contributed by atoms with E-state index in [2.05, 4.69) is 6.07 Å². The summed E-state index contributed by atoms with van der Waals surface area (Å²) in [7, 11) is 0. The summed E-state index contributed by atoms with van der Waals surface area (Å²) in [6.45, 7) is 3.76. The lowest BCUT2D eigenvalue weighted by Gasteiger charge is -2.34. The summed E-state index contributed by atoms with van der Waals surface area (Å²) in [6.07, 6.45) is 4.77. The Kier molecular flexibility index (Phi) is 5.18. The number of carbonyl (C=O) groups excluding carboxylic acids is 2. The van der Waals surface area contributed by atoms with Crippen LogP contribution in [-0.4, -0.2) is 47.8 Å². The van der Waals surface area contributed by atoms with Crippen LogP contribution >= 0.6 is 0 Å². The van der Waals surface area contributed by atoms with E-state index < -0.39 is 0 Å². The fourth-order valence-corrected chi connectivity index (χ4v) is 2.85. The minimum absolute atomic E-state index is 0.0588. The molecular weight excluding hydrogens is 330 g/mol. The summed E-state index contributed by atoms with van der Waals surface area (Å²) >= 11 is 0. The topological polar surface area (TPSA) is 77.6 Å². The van der Waals surface area contributed by atoms with Gasteiger partial charge in [-0.15, -0.1) is 0 Å². The standard InChI is InChI=1S/C20H19N3O3/c1-15-18(8-13-26-15)20(25)23-11-9-22(10-12-23)19(24)7-6-16-2-4-17(14-21)5-3-16/h2-8,13H,9-12H2,1H3/b7-6-. The van der Waals surface area contributed by atoms with Crippen molar-refractivity contribution in [3.63, 3.8) is 0 Å². The van der Waals surface area contributed by atoms with Crippen LogP contribution in [0.25, 0.3) is 6.08 Å². The van der Waals surface area contributed by atoms with Gasteiger partial charge in [0.05, 0.1) is 23.5 Å². The van der Waals surface area contributed by atoms with Gasteiger partial charge in [-0.3, -0.25) is 9.59 Å². The molecule has 1 aromatic carbocycles. The first-order chi connectivity index (χ1) is 12.6. The predicted molar refractivity (Wildman–Crippen MR) is 96.1 cm³/mol. The summed E-state index contributed by atoms with van der Waals surface area (Å²) in [4.78, 5) is 28.2. The molecule has 1 aromatic heterocycles. The van der Waals surface area contributed by atoms with Crippen molar-refractivity contribution >= 4 is 17.9 Å². The van der Waals surface area contributed by atoms with E-state index >= 15 is 0 Å². The maximum atomic E-state index is 12.4. The minimum atomic E-state index is -0.0825. The Bertz CT molecular complexity index is 866. The van der Waals surface area contributed by atoms with Gasteiger partial charge >= 0.3 is 0 Å². The number of hydrogen-bond donors (Lipinski definition) is 0. The number of hydrogen-bond acceptors (Lipinski definition) is 4. The van der Waals surface area contributed by atoms with Crippen molar-refractivity contribution in [1.29, 1.82) is 5.26 Å². The van der Waals surface area contributed by atoms with E-state index in [0.29, 0.717) is 43.1 Å². The summed E-state index contributed by atoms with van der Waals surface area (Å²) in [5.41, 5.74) is 2.02. The van der Waals surface area contributed by atoms with Crippen LogP contribution in [0, 0.1) is 18.3 Å². The molecule has 3 rings (SSSR count). The van der Waals surface area contributed by atoms with E-state index in [0.717, 1.165) is 5.56 Å². The van der Waals surface area contributed by atoms with Crippen molar-refractivity contribution in [2.75, 3.05) is 26.2 Å². The average Bonchev–Trinajstić information content (AvgIpc) is 3.12. The third-order valence-electron chi connectivity index (χ3n) is 4.43. The number of nitrogens with zero attached hydrogens (tertiary/aromatic N) is 3. The minimum Gasteiger partial charge on any atom is -0.469 e. The first kappa shape index (κ1) is 17.5. The zero-order valence-electron chi connectivity index (χ0n) is 14.5. The van der Waals surface area contributed by atoms with Crippen LogP contribution in [0.3, 0.4) is 0 Å². The largest absolute Gasteiger partial charge is 0.469 e. The Morgan fingerprint density at radius 1 is 1.08 bits per heavy atom. The zero-order valence-corrected chi connectivity index (χ0v) is 14.5. The van der Waals surface area contributed by atoms with Crippen molar-refractivity contribution in [3.8, 4) is 6.07 Å². The molecule has 0 atom stereocenters. The molecule has 132 valence electrons. The molecule has 6 heteroatoms. The zero-order chi connectivity index (χ0) is 18.5. The normalized spacial score (nSPS) is 14.5. The van der Waals surface area contributed by atoms with Gasteiger partial charge in [-0.25, -0.2) is 0 Å². The van der Waals surface area contributed by atoms with Crippen LogP contribution < -0.4 is 0 Å². The van der Waals surface area contributed by atoms with Crippen molar-refractivity contribution in [2.24, 2.45) is 0 Å². The van der Waals surface area contributed by atoms with E-state index in [4.69, 9.17) is 9.68 Å². The van der Waals surface area contributed by atoms with Crippen molar-refractivity contribution in [2.45, 2.75) is 6.92 Å². The summed E-state index contributed by atoms with van der Waals surface area (Å²) in [5, 5.41) is 8.79. The van der Waals surface area contributed by atoms with Crippen LogP contribution in [0.2, 0.25) is 0 Å². The van der Waals surface area contributed by atoms with Gasteiger partial charge in [0.2, 0.25) is 5.91 Å².